The van der Waals surface area contributed by atoms with Crippen LogP contribution in [0.25, 0.3) is 16.7 Å². The molecule has 3 saturated heterocycles. The Labute approximate surface area is 166 Å². The molecular formula is C22H18FN5O. The minimum absolute atomic E-state index is 0.0935. The Kier molecular flexibility index (Phi) is 3.25. The molecule has 2 aromatic heterocycles. The third kappa shape index (κ3) is 2.42. The fourth-order valence-corrected chi connectivity index (χ4v) is 4.87. The molecule has 4 atom stereocenters. The maximum Gasteiger partial charge on any atom is 0.255 e. The fraction of sp³-hybridized carbons (Fsp3) is 0.318. The van der Waals surface area contributed by atoms with Gasteiger partial charge in [-0.25, -0.2) is 9.37 Å². The van der Waals surface area contributed by atoms with E-state index < -0.39 is 6.17 Å². The Morgan fingerprint density at radius 2 is 2.03 bits per heavy atom. The van der Waals surface area contributed by atoms with E-state index >= 15 is 0 Å². The van der Waals surface area contributed by atoms with Crippen molar-refractivity contribution in [2.45, 2.75) is 24.2 Å². The van der Waals surface area contributed by atoms with Gasteiger partial charge in [0.25, 0.3) is 5.91 Å². The minimum Gasteiger partial charge on any atom is -0.334 e. The standard InChI is InChI=1S/C22H18FN5O/c23-17-8-22(19-12-28(19)22)13-26(11-17)21(29)16-7-15-5-6-27(20(15)25-10-16)18-3-1-14(9-24)2-4-18/h1-7,10,17,19H,8,11-13H2/t17-,19?,22-,28?/m0/s1. The van der Waals surface area contributed by atoms with Crippen LogP contribution in [0.5, 0.6) is 0 Å². The molecule has 29 heavy (non-hydrogen) atoms. The van der Waals surface area contributed by atoms with Crippen LogP contribution in [0.1, 0.15) is 22.3 Å². The maximum absolute atomic E-state index is 14.3. The highest BCUT2D eigenvalue weighted by Crippen LogP contribution is 2.59. The molecule has 3 aliphatic heterocycles. The van der Waals surface area contributed by atoms with Crippen molar-refractivity contribution in [1.82, 2.24) is 19.4 Å². The number of amides is 1. The molecule has 5 heterocycles. The molecule has 3 aliphatic rings. The van der Waals surface area contributed by atoms with E-state index in [0.29, 0.717) is 30.1 Å². The molecule has 6 nitrogen and oxygen atoms in total. The number of carbonyl (C=O) groups is 1. The molecule has 1 aromatic carbocycles. The number of hydrogen-bond acceptors (Lipinski definition) is 4. The lowest BCUT2D eigenvalue weighted by molar-refractivity contribution is 0.0507. The van der Waals surface area contributed by atoms with Gasteiger partial charge in [0.2, 0.25) is 0 Å². The van der Waals surface area contributed by atoms with E-state index in [1.165, 1.54) is 0 Å². The zero-order valence-corrected chi connectivity index (χ0v) is 15.6. The van der Waals surface area contributed by atoms with Gasteiger partial charge >= 0.3 is 0 Å². The maximum atomic E-state index is 14.3. The summed E-state index contributed by atoms with van der Waals surface area (Å²) in [6.45, 7) is 1.82. The Hall–Kier alpha value is -3.24. The number of alkyl halides is 1. The molecule has 3 fully saturated rings. The highest BCUT2D eigenvalue weighted by atomic mass is 19.1. The summed E-state index contributed by atoms with van der Waals surface area (Å²) < 4.78 is 16.2. The number of fused-ring (bicyclic) bond motifs is 4. The lowest BCUT2D eigenvalue weighted by Gasteiger charge is -2.37. The van der Waals surface area contributed by atoms with Crippen molar-refractivity contribution in [3.63, 3.8) is 0 Å². The minimum atomic E-state index is -0.963. The average molecular weight is 387 g/mol. The van der Waals surface area contributed by atoms with E-state index in [9.17, 15) is 9.18 Å². The molecule has 1 amide bonds. The molecule has 1 spiro atoms. The number of carbonyl (C=O) groups excluding carboxylic acids is 1. The second kappa shape index (κ2) is 5.65. The summed E-state index contributed by atoms with van der Waals surface area (Å²) in [5, 5.41) is 9.81. The Morgan fingerprint density at radius 3 is 2.72 bits per heavy atom. The van der Waals surface area contributed by atoms with E-state index in [1.807, 2.05) is 35.0 Å². The van der Waals surface area contributed by atoms with Crippen LogP contribution in [-0.2, 0) is 0 Å². The molecule has 0 radical (unpaired) electrons. The van der Waals surface area contributed by atoms with Gasteiger partial charge < -0.3 is 9.47 Å². The van der Waals surface area contributed by atoms with E-state index in [4.69, 9.17) is 5.26 Å². The monoisotopic (exact) mass is 387 g/mol. The molecule has 7 heteroatoms. The van der Waals surface area contributed by atoms with Crippen molar-refractivity contribution in [3.05, 3.63) is 59.9 Å². The average Bonchev–Trinajstić information content (AvgIpc) is 3.62. The first-order chi connectivity index (χ1) is 14.1. The number of aromatic nitrogens is 2. The molecule has 6 rings (SSSR count). The van der Waals surface area contributed by atoms with Crippen molar-refractivity contribution in [2.24, 2.45) is 0 Å². The Bertz CT molecular complexity index is 1190. The summed E-state index contributed by atoms with van der Waals surface area (Å²) in [4.78, 5) is 21.5. The van der Waals surface area contributed by atoms with Crippen LogP contribution in [0.3, 0.4) is 0 Å². The number of likely N-dealkylation sites (tertiary alicyclic amines) is 1. The first-order valence-corrected chi connectivity index (χ1v) is 9.77. The Balaban J connectivity index is 1.29. The summed E-state index contributed by atoms with van der Waals surface area (Å²) >= 11 is 0. The number of piperidine rings is 1. The van der Waals surface area contributed by atoms with E-state index in [-0.39, 0.29) is 18.0 Å². The molecule has 0 aliphatic carbocycles. The van der Waals surface area contributed by atoms with Gasteiger partial charge in [-0.15, -0.1) is 0 Å². The van der Waals surface area contributed by atoms with Crippen LogP contribution in [0, 0.1) is 11.3 Å². The predicted molar refractivity (Wildman–Crippen MR) is 104 cm³/mol. The number of nitriles is 1. The van der Waals surface area contributed by atoms with Crippen LogP contribution in [0.2, 0.25) is 0 Å². The molecule has 144 valence electrons. The van der Waals surface area contributed by atoms with E-state index in [1.54, 1.807) is 23.2 Å². The predicted octanol–water partition coefficient (Wildman–Crippen LogP) is 2.52. The largest absolute Gasteiger partial charge is 0.334 e. The van der Waals surface area contributed by atoms with Crippen molar-refractivity contribution >= 4 is 16.9 Å². The lowest BCUT2D eigenvalue weighted by Crippen LogP contribution is -2.53. The molecule has 0 bridgehead atoms. The van der Waals surface area contributed by atoms with Crippen LogP contribution in [-0.4, -0.2) is 62.6 Å². The van der Waals surface area contributed by atoms with Gasteiger partial charge in [0.1, 0.15) is 11.8 Å². The van der Waals surface area contributed by atoms with Crippen molar-refractivity contribution < 1.29 is 9.18 Å². The smallest absolute Gasteiger partial charge is 0.255 e. The van der Waals surface area contributed by atoms with E-state index in [2.05, 4.69) is 16.0 Å². The SMILES string of the molecule is N#Cc1ccc(-n2ccc3cc(C(=O)N4C[C@@H](F)C[C@]5(C4)C4CN45)cnc32)cc1. The molecule has 0 N–H and O–H groups in total. The van der Waals surface area contributed by atoms with Gasteiger partial charge in [0.15, 0.2) is 0 Å². The van der Waals surface area contributed by atoms with Crippen molar-refractivity contribution in [3.8, 4) is 11.8 Å². The highest BCUT2D eigenvalue weighted by molar-refractivity contribution is 5.97. The van der Waals surface area contributed by atoms with Crippen LogP contribution < -0.4 is 0 Å². The number of nitrogens with zero attached hydrogens (tertiary/aromatic N) is 5. The zero-order chi connectivity index (χ0) is 19.8. The van der Waals surface area contributed by atoms with Gasteiger partial charge in [-0.05, 0) is 36.4 Å². The molecule has 3 aromatic rings. The number of rotatable bonds is 2. The normalized spacial score (nSPS) is 29.5. The fourth-order valence-electron chi connectivity index (χ4n) is 4.87. The van der Waals surface area contributed by atoms with Gasteiger partial charge in [0.05, 0.1) is 29.3 Å². The van der Waals surface area contributed by atoms with Gasteiger partial charge in [-0.3, -0.25) is 9.69 Å². The summed E-state index contributed by atoms with van der Waals surface area (Å²) in [6, 6.07) is 13.6. The summed E-state index contributed by atoms with van der Waals surface area (Å²) in [7, 11) is 0. The zero-order valence-electron chi connectivity index (χ0n) is 15.6. The summed E-state index contributed by atoms with van der Waals surface area (Å²) in [5.41, 5.74) is 2.62. The second-order valence-corrected chi connectivity index (χ2v) is 8.24. The van der Waals surface area contributed by atoms with Gasteiger partial charge in [-0.1, -0.05) is 0 Å². The van der Waals surface area contributed by atoms with Crippen LogP contribution in [0.4, 0.5) is 4.39 Å². The summed E-state index contributed by atoms with van der Waals surface area (Å²) in [6.07, 6.45) is 3.06. The number of benzene rings is 1. The highest BCUT2D eigenvalue weighted by Gasteiger charge is 2.76. The topological polar surface area (TPSA) is 64.9 Å². The second-order valence-electron chi connectivity index (χ2n) is 8.24. The quantitative estimate of drug-likeness (QED) is 0.634. The first-order valence-electron chi connectivity index (χ1n) is 9.77. The van der Waals surface area contributed by atoms with Gasteiger partial charge in [-0.2, -0.15) is 5.26 Å². The van der Waals surface area contributed by atoms with Crippen molar-refractivity contribution in [2.75, 3.05) is 19.6 Å². The molecular weight excluding hydrogens is 369 g/mol. The van der Waals surface area contributed by atoms with Crippen LogP contribution >= 0.6 is 0 Å². The summed E-state index contributed by atoms with van der Waals surface area (Å²) in [5.74, 6) is -0.153. The third-order valence-corrected chi connectivity index (χ3v) is 6.53. The number of pyridine rings is 1. The lowest BCUT2D eigenvalue weighted by atomic mass is 9.90. The third-order valence-electron chi connectivity index (χ3n) is 6.53. The first kappa shape index (κ1) is 16.7. The number of hydrogen-bond donors (Lipinski definition) is 0. The van der Waals surface area contributed by atoms with Crippen molar-refractivity contribution in [1.29, 1.82) is 5.26 Å². The molecule has 0 saturated carbocycles. The van der Waals surface area contributed by atoms with Gasteiger partial charge in [0, 0.05) is 49.0 Å². The Morgan fingerprint density at radius 1 is 1.24 bits per heavy atom. The number of halogens is 1. The molecule has 2 unspecified atom stereocenters. The van der Waals surface area contributed by atoms with Crippen LogP contribution in [0.15, 0.2) is 48.8 Å². The van der Waals surface area contributed by atoms with E-state index in [0.717, 1.165) is 23.3 Å².